The topological polar surface area (TPSA) is 67.4 Å². The van der Waals surface area contributed by atoms with Gasteiger partial charge < -0.3 is 15.4 Å². The molecule has 0 spiro atoms. The van der Waals surface area contributed by atoms with Gasteiger partial charge in [0.15, 0.2) is 0 Å². The van der Waals surface area contributed by atoms with Crippen LogP contribution in [0.4, 0.5) is 5.69 Å². The normalized spacial score (nSPS) is 10.7. The molecule has 5 nitrogen and oxygen atoms in total. The lowest BCUT2D eigenvalue weighted by Crippen LogP contribution is -2.27. The Morgan fingerprint density at radius 3 is 2.19 bits per heavy atom. The molecule has 2 rings (SSSR count). The van der Waals surface area contributed by atoms with E-state index in [9.17, 15) is 9.59 Å². The molecule has 138 valence electrons. The lowest BCUT2D eigenvalue weighted by atomic mass is 10.1. The molecular weight excluding hydrogens is 328 g/mol. The zero-order valence-electron chi connectivity index (χ0n) is 15.7. The Labute approximate surface area is 154 Å². The fourth-order valence-electron chi connectivity index (χ4n) is 2.31. The van der Waals surface area contributed by atoms with Gasteiger partial charge in [-0.15, -0.1) is 0 Å². The van der Waals surface area contributed by atoms with Crippen LogP contribution in [0.2, 0.25) is 0 Å². The first kappa shape index (κ1) is 19.5. The molecule has 26 heavy (non-hydrogen) atoms. The Kier molecular flexibility index (Phi) is 6.78. The highest BCUT2D eigenvalue weighted by Gasteiger charge is 2.14. The largest absolute Gasteiger partial charge is 0.490 e. The highest BCUT2D eigenvalue weighted by atomic mass is 16.5. The number of benzene rings is 2. The molecule has 0 bridgehead atoms. The van der Waals surface area contributed by atoms with Gasteiger partial charge in [0, 0.05) is 17.8 Å². The van der Waals surface area contributed by atoms with Crippen LogP contribution in [-0.4, -0.2) is 24.5 Å². The fraction of sp³-hybridized carbons (Fsp3) is 0.333. The number of nitrogens with one attached hydrogen (secondary N) is 2. The van der Waals surface area contributed by atoms with E-state index in [0.29, 0.717) is 35.0 Å². The molecule has 0 aliphatic heterocycles. The van der Waals surface area contributed by atoms with Gasteiger partial charge in [-0.1, -0.05) is 26.0 Å². The summed E-state index contributed by atoms with van der Waals surface area (Å²) in [5.41, 5.74) is 1.65. The summed E-state index contributed by atoms with van der Waals surface area (Å²) >= 11 is 0. The third-order valence-electron chi connectivity index (χ3n) is 3.57. The minimum atomic E-state index is -0.252. The molecule has 2 amide bonds. The predicted octanol–water partition coefficient (Wildman–Crippen LogP) is 4.11. The van der Waals surface area contributed by atoms with Crippen molar-refractivity contribution in [2.45, 2.75) is 33.8 Å². The summed E-state index contributed by atoms with van der Waals surface area (Å²) < 4.78 is 5.69. The van der Waals surface area contributed by atoms with Crippen LogP contribution in [0.5, 0.6) is 5.75 Å². The quantitative estimate of drug-likeness (QED) is 0.786. The van der Waals surface area contributed by atoms with E-state index < -0.39 is 0 Å². The lowest BCUT2D eigenvalue weighted by Gasteiger charge is -2.14. The monoisotopic (exact) mass is 354 g/mol. The van der Waals surface area contributed by atoms with Crippen LogP contribution >= 0.6 is 0 Å². The third-order valence-corrected chi connectivity index (χ3v) is 3.57. The van der Waals surface area contributed by atoms with Gasteiger partial charge in [-0.25, -0.2) is 0 Å². The second-order valence-corrected chi connectivity index (χ2v) is 6.80. The molecule has 0 heterocycles. The van der Waals surface area contributed by atoms with Crippen molar-refractivity contribution < 1.29 is 14.3 Å². The Morgan fingerprint density at radius 2 is 1.58 bits per heavy atom. The highest BCUT2D eigenvalue weighted by Crippen LogP contribution is 2.21. The molecule has 0 fully saturated rings. The highest BCUT2D eigenvalue weighted by molar-refractivity contribution is 6.06. The summed E-state index contributed by atoms with van der Waals surface area (Å²) in [5, 5.41) is 5.70. The van der Waals surface area contributed by atoms with Gasteiger partial charge in [-0.2, -0.15) is 0 Å². The molecular formula is C21H26N2O3. The number of para-hydroxylation sites is 1. The van der Waals surface area contributed by atoms with Gasteiger partial charge in [0.1, 0.15) is 5.75 Å². The summed E-state index contributed by atoms with van der Waals surface area (Å²) in [6, 6.07) is 14.0. The van der Waals surface area contributed by atoms with Crippen molar-refractivity contribution in [1.29, 1.82) is 0 Å². The van der Waals surface area contributed by atoms with Crippen LogP contribution in [0.25, 0.3) is 0 Å². The molecule has 0 radical (unpaired) electrons. The Morgan fingerprint density at radius 1 is 0.923 bits per heavy atom. The number of rotatable bonds is 7. The Bertz CT molecular complexity index is 752. The molecule has 2 aromatic rings. The van der Waals surface area contributed by atoms with Crippen LogP contribution in [0.1, 0.15) is 48.4 Å². The Hall–Kier alpha value is -2.82. The van der Waals surface area contributed by atoms with Gasteiger partial charge in [0.05, 0.1) is 11.7 Å². The molecule has 0 atom stereocenters. The maximum atomic E-state index is 12.5. The molecule has 0 aliphatic rings. The molecule has 0 aromatic heterocycles. The van der Waals surface area contributed by atoms with Crippen LogP contribution in [0, 0.1) is 5.92 Å². The van der Waals surface area contributed by atoms with Crippen molar-refractivity contribution in [3.63, 3.8) is 0 Å². The van der Waals surface area contributed by atoms with Crippen molar-refractivity contribution in [1.82, 2.24) is 5.32 Å². The summed E-state index contributed by atoms with van der Waals surface area (Å²) in [4.78, 5) is 24.6. The lowest BCUT2D eigenvalue weighted by molar-refractivity contribution is 0.0948. The first-order chi connectivity index (χ1) is 12.4. The van der Waals surface area contributed by atoms with Gasteiger partial charge in [-0.3, -0.25) is 9.59 Å². The van der Waals surface area contributed by atoms with Gasteiger partial charge in [0.25, 0.3) is 11.8 Å². The molecule has 0 unspecified atom stereocenters. The van der Waals surface area contributed by atoms with Crippen molar-refractivity contribution in [3.05, 3.63) is 59.7 Å². The second-order valence-electron chi connectivity index (χ2n) is 6.80. The second kappa shape index (κ2) is 9.04. The minimum Gasteiger partial charge on any atom is -0.490 e. The van der Waals surface area contributed by atoms with E-state index in [1.165, 1.54) is 0 Å². The van der Waals surface area contributed by atoms with E-state index in [2.05, 4.69) is 10.6 Å². The van der Waals surface area contributed by atoms with E-state index in [4.69, 9.17) is 4.74 Å². The van der Waals surface area contributed by atoms with E-state index in [-0.39, 0.29) is 17.9 Å². The van der Waals surface area contributed by atoms with Crippen LogP contribution in [0.3, 0.4) is 0 Å². The summed E-state index contributed by atoms with van der Waals surface area (Å²) in [5.74, 6) is 0.570. The molecule has 5 heteroatoms. The maximum Gasteiger partial charge on any atom is 0.259 e. The number of carbonyl (C=O) groups excluding carboxylic acids is 2. The molecule has 2 aromatic carbocycles. The van der Waals surface area contributed by atoms with Gasteiger partial charge >= 0.3 is 0 Å². The summed E-state index contributed by atoms with van der Waals surface area (Å²) in [6.45, 7) is 8.54. The van der Waals surface area contributed by atoms with Gasteiger partial charge in [0.2, 0.25) is 0 Å². The predicted molar refractivity (Wildman–Crippen MR) is 104 cm³/mol. The SMILES string of the molecule is CC(C)CNC(=O)c1ccc(NC(=O)c2ccccc2OC(C)C)cc1. The average molecular weight is 354 g/mol. The smallest absolute Gasteiger partial charge is 0.259 e. The van der Waals surface area contributed by atoms with E-state index in [1.807, 2.05) is 33.8 Å². The molecule has 0 saturated carbocycles. The van der Waals surface area contributed by atoms with Crippen molar-refractivity contribution in [3.8, 4) is 5.75 Å². The summed E-state index contributed by atoms with van der Waals surface area (Å²) in [7, 11) is 0. The van der Waals surface area contributed by atoms with Crippen LogP contribution in [-0.2, 0) is 0 Å². The molecule has 0 saturated heterocycles. The number of ether oxygens (including phenoxy) is 1. The van der Waals surface area contributed by atoms with E-state index >= 15 is 0 Å². The standard InChI is InChI=1S/C21H26N2O3/c1-14(2)13-22-20(24)16-9-11-17(12-10-16)23-21(25)18-7-5-6-8-19(18)26-15(3)4/h5-12,14-15H,13H2,1-4H3,(H,22,24)(H,23,25). The molecule has 0 aliphatic carbocycles. The average Bonchev–Trinajstić information content (AvgIpc) is 2.60. The van der Waals surface area contributed by atoms with Crippen molar-refractivity contribution >= 4 is 17.5 Å². The van der Waals surface area contributed by atoms with Crippen molar-refractivity contribution in [2.75, 3.05) is 11.9 Å². The first-order valence-corrected chi connectivity index (χ1v) is 8.82. The third kappa shape index (κ3) is 5.62. The maximum absolute atomic E-state index is 12.5. The zero-order valence-corrected chi connectivity index (χ0v) is 15.7. The minimum absolute atomic E-state index is 0.0208. The zero-order chi connectivity index (χ0) is 19.1. The van der Waals surface area contributed by atoms with Crippen LogP contribution in [0.15, 0.2) is 48.5 Å². The number of hydrogen-bond donors (Lipinski definition) is 2. The Balaban J connectivity index is 2.05. The number of amides is 2. The summed E-state index contributed by atoms with van der Waals surface area (Å²) in [6.07, 6.45) is -0.0208. The number of carbonyl (C=O) groups is 2. The number of anilines is 1. The first-order valence-electron chi connectivity index (χ1n) is 8.82. The van der Waals surface area contributed by atoms with Crippen molar-refractivity contribution in [2.24, 2.45) is 5.92 Å². The fourth-order valence-corrected chi connectivity index (χ4v) is 2.31. The van der Waals surface area contributed by atoms with Crippen LogP contribution < -0.4 is 15.4 Å². The van der Waals surface area contributed by atoms with E-state index in [1.54, 1.807) is 42.5 Å². The van der Waals surface area contributed by atoms with Gasteiger partial charge in [-0.05, 0) is 56.2 Å². The van der Waals surface area contributed by atoms with E-state index in [0.717, 1.165) is 0 Å². The number of hydrogen-bond acceptors (Lipinski definition) is 3. The molecule has 2 N–H and O–H groups in total.